The van der Waals surface area contributed by atoms with Crippen molar-refractivity contribution in [2.24, 2.45) is 0 Å². The first-order valence-corrected chi connectivity index (χ1v) is 11.2. The van der Waals surface area contributed by atoms with Gasteiger partial charge < -0.3 is 15.1 Å². The van der Waals surface area contributed by atoms with Gasteiger partial charge in [0, 0.05) is 42.2 Å². The summed E-state index contributed by atoms with van der Waals surface area (Å²) in [5, 5.41) is 19.4. The van der Waals surface area contributed by atoms with Gasteiger partial charge in [0.2, 0.25) is 0 Å². The highest BCUT2D eigenvalue weighted by atomic mass is 19.1. The van der Waals surface area contributed by atoms with Gasteiger partial charge in [-0.15, -0.1) is 0 Å². The number of fused-ring (bicyclic) bond motifs is 1. The first-order valence-electron chi connectivity index (χ1n) is 11.2. The second-order valence-electron chi connectivity index (χ2n) is 8.61. The Morgan fingerprint density at radius 1 is 1.12 bits per heavy atom. The number of halogens is 1. The predicted molar refractivity (Wildman–Crippen MR) is 121 cm³/mol. The minimum atomic E-state index is -0.673. The monoisotopic (exact) mass is 436 g/mol. The van der Waals surface area contributed by atoms with E-state index in [1.807, 2.05) is 29.2 Å². The Morgan fingerprint density at radius 2 is 1.81 bits per heavy atom. The summed E-state index contributed by atoms with van der Waals surface area (Å²) in [5.74, 6) is 5.37. The van der Waals surface area contributed by atoms with Gasteiger partial charge in [-0.2, -0.15) is 0 Å². The largest absolute Gasteiger partial charge is 0.395 e. The quantitative estimate of drug-likeness (QED) is 0.727. The lowest BCUT2D eigenvalue weighted by Crippen LogP contribution is -2.67. The smallest absolute Gasteiger partial charge is 0.253 e. The molecule has 4 rings (SSSR count). The highest BCUT2D eigenvalue weighted by Gasteiger charge is 2.49. The summed E-state index contributed by atoms with van der Waals surface area (Å²) in [6.45, 7) is 3.84. The first-order chi connectivity index (χ1) is 15.5. The third-order valence-corrected chi connectivity index (χ3v) is 6.47. The third-order valence-electron chi connectivity index (χ3n) is 6.47. The predicted octanol–water partition coefficient (Wildman–Crippen LogP) is 2.62. The number of aliphatic hydroxyl groups excluding tert-OH is 2. The molecule has 2 N–H and O–H groups in total. The molecule has 2 aliphatic heterocycles. The molecular weight excluding hydrogens is 407 g/mol. The second kappa shape index (κ2) is 9.83. The zero-order valence-corrected chi connectivity index (χ0v) is 18.2. The van der Waals surface area contributed by atoms with Crippen LogP contribution >= 0.6 is 0 Å². The zero-order valence-electron chi connectivity index (χ0n) is 18.2. The first kappa shape index (κ1) is 22.5. The lowest BCUT2D eigenvalue weighted by molar-refractivity contribution is -0.0606. The number of amides is 1. The maximum atomic E-state index is 13.3. The summed E-state index contributed by atoms with van der Waals surface area (Å²) < 4.78 is 13.3. The molecule has 2 fully saturated rings. The summed E-state index contributed by atoms with van der Waals surface area (Å²) in [6, 6.07) is 13.8. The molecule has 6 heteroatoms. The minimum absolute atomic E-state index is 0.0234. The molecule has 0 aliphatic carbocycles. The van der Waals surface area contributed by atoms with Crippen LogP contribution in [0.25, 0.3) is 0 Å². The molecule has 2 saturated heterocycles. The molecule has 0 spiro atoms. The summed E-state index contributed by atoms with van der Waals surface area (Å²) in [6.07, 6.45) is 1.18. The zero-order chi connectivity index (χ0) is 22.7. The highest BCUT2D eigenvalue weighted by molar-refractivity contribution is 5.94. The minimum Gasteiger partial charge on any atom is -0.395 e. The number of benzene rings is 2. The van der Waals surface area contributed by atoms with Gasteiger partial charge in [-0.05, 0) is 68.3 Å². The number of aliphatic hydroxyl groups is 2. The van der Waals surface area contributed by atoms with E-state index in [9.17, 15) is 19.4 Å². The van der Waals surface area contributed by atoms with Crippen molar-refractivity contribution in [3.8, 4) is 11.8 Å². The van der Waals surface area contributed by atoms with E-state index in [1.54, 1.807) is 6.92 Å². The molecular formula is C26H29FN2O3. The molecule has 5 nitrogen and oxygen atoms in total. The van der Waals surface area contributed by atoms with Crippen molar-refractivity contribution in [1.82, 2.24) is 9.80 Å². The van der Waals surface area contributed by atoms with Gasteiger partial charge in [-0.1, -0.05) is 24.0 Å². The molecule has 2 heterocycles. The van der Waals surface area contributed by atoms with Crippen molar-refractivity contribution in [3.05, 3.63) is 71.0 Å². The van der Waals surface area contributed by atoms with Crippen molar-refractivity contribution >= 4 is 5.91 Å². The topological polar surface area (TPSA) is 64.0 Å². The van der Waals surface area contributed by atoms with Gasteiger partial charge in [0.25, 0.3) is 5.91 Å². The lowest BCUT2D eigenvalue weighted by Gasteiger charge is -2.57. The van der Waals surface area contributed by atoms with Crippen molar-refractivity contribution in [2.75, 3.05) is 26.2 Å². The number of carbonyl (C=O) groups excluding carboxylic acids is 1. The summed E-state index contributed by atoms with van der Waals surface area (Å²) in [7, 11) is 0. The molecule has 2 aromatic rings. The van der Waals surface area contributed by atoms with Crippen LogP contribution in [-0.2, 0) is 0 Å². The number of rotatable bonds is 3. The average molecular weight is 437 g/mol. The van der Waals surface area contributed by atoms with Crippen LogP contribution in [0.3, 0.4) is 0 Å². The maximum Gasteiger partial charge on any atom is 0.253 e. The molecule has 2 aliphatic rings. The standard InChI is InChI=1S/C26H29FN2O3/c1-18(31)4-5-19-6-8-20(9-7-19)25-23-16-28(14-2-3-15-29(23)24(25)17-30)26(32)21-10-12-22(27)13-11-21/h6-13,18,23-25,30-31H,2-3,14-17H2,1H3/t18-,23-,24+,25+/m1/s1. The van der Waals surface area contributed by atoms with E-state index >= 15 is 0 Å². The normalized spacial score (nSPS) is 24.2. The average Bonchev–Trinajstić information content (AvgIpc) is 2.77. The summed E-state index contributed by atoms with van der Waals surface area (Å²) >= 11 is 0. The summed E-state index contributed by atoms with van der Waals surface area (Å²) in [4.78, 5) is 17.3. The number of nitrogens with zero attached hydrogens (tertiary/aromatic N) is 2. The molecule has 1 amide bonds. The Kier molecular flexibility index (Phi) is 6.90. The van der Waals surface area contributed by atoms with Crippen molar-refractivity contribution < 1.29 is 19.4 Å². The van der Waals surface area contributed by atoms with Gasteiger partial charge in [0.05, 0.1) is 6.61 Å². The van der Waals surface area contributed by atoms with E-state index in [0.717, 1.165) is 30.5 Å². The van der Waals surface area contributed by atoms with Crippen LogP contribution in [0.2, 0.25) is 0 Å². The number of carbonyl (C=O) groups is 1. The molecule has 2 aromatic carbocycles. The van der Waals surface area contributed by atoms with E-state index in [-0.39, 0.29) is 36.3 Å². The van der Waals surface area contributed by atoms with E-state index in [2.05, 4.69) is 16.7 Å². The van der Waals surface area contributed by atoms with Crippen molar-refractivity contribution in [2.45, 2.75) is 43.9 Å². The molecule has 4 atom stereocenters. The van der Waals surface area contributed by atoms with E-state index in [1.165, 1.54) is 24.3 Å². The Labute approximate surface area is 188 Å². The number of hydrogen-bond donors (Lipinski definition) is 2. The van der Waals surface area contributed by atoms with E-state index in [4.69, 9.17) is 0 Å². The van der Waals surface area contributed by atoms with Crippen LogP contribution < -0.4 is 0 Å². The molecule has 0 saturated carbocycles. The van der Waals surface area contributed by atoms with Crippen molar-refractivity contribution in [1.29, 1.82) is 0 Å². The number of hydrogen-bond acceptors (Lipinski definition) is 4. The maximum absolute atomic E-state index is 13.3. The third kappa shape index (κ3) is 4.71. The SMILES string of the molecule is C[C@@H](O)C#Cc1ccc([C@H]2[C@H]3CN(C(=O)c4ccc(F)cc4)CCCCN3[C@H]2CO)cc1. The van der Waals surface area contributed by atoms with E-state index in [0.29, 0.717) is 18.7 Å². The van der Waals surface area contributed by atoms with Crippen LogP contribution in [0, 0.1) is 17.7 Å². The van der Waals surface area contributed by atoms with Gasteiger partial charge in [-0.25, -0.2) is 4.39 Å². The fraction of sp³-hybridized carbons (Fsp3) is 0.423. The Bertz CT molecular complexity index is 994. The van der Waals surface area contributed by atoms with Crippen LogP contribution in [-0.4, -0.2) is 70.3 Å². The summed E-state index contributed by atoms with van der Waals surface area (Å²) in [5.41, 5.74) is 2.44. The van der Waals surface area contributed by atoms with E-state index < -0.39 is 6.10 Å². The van der Waals surface area contributed by atoms with Gasteiger partial charge in [0.1, 0.15) is 11.9 Å². The second-order valence-corrected chi connectivity index (χ2v) is 8.61. The Balaban J connectivity index is 1.55. The molecule has 0 bridgehead atoms. The lowest BCUT2D eigenvalue weighted by atomic mass is 9.74. The molecule has 32 heavy (non-hydrogen) atoms. The van der Waals surface area contributed by atoms with Crippen LogP contribution in [0.4, 0.5) is 4.39 Å². The molecule has 0 radical (unpaired) electrons. The highest BCUT2D eigenvalue weighted by Crippen LogP contribution is 2.42. The van der Waals surface area contributed by atoms with Gasteiger partial charge >= 0.3 is 0 Å². The van der Waals surface area contributed by atoms with Gasteiger partial charge in [-0.3, -0.25) is 9.69 Å². The van der Waals surface area contributed by atoms with Crippen LogP contribution in [0.1, 0.15) is 47.2 Å². The fourth-order valence-corrected chi connectivity index (χ4v) is 4.88. The fourth-order valence-electron chi connectivity index (χ4n) is 4.88. The van der Waals surface area contributed by atoms with Crippen LogP contribution in [0.15, 0.2) is 48.5 Å². The Morgan fingerprint density at radius 3 is 2.47 bits per heavy atom. The van der Waals surface area contributed by atoms with Crippen molar-refractivity contribution in [3.63, 3.8) is 0 Å². The molecule has 0 aromatic heterocycles. The molecule has 0 unspecified atom stereocenters. The Hall–Kier alpha value is -2.72. The van der Waals surface area contributed by atoms with Crippen LogP contribution in [0.5, 0.6) is 0 Å². The molecule has 168 valence electrons. The van der Waals surface area contributed by atoms with Gasteiger partial charge in [0.15, 0.2) is 0 Å².